The highest BCUT2D eigenvalue weighted by molar-refractivity contribution is 8.00. The average Bonchev–Trinajstić information content (AvgIpc) is 3.11. The predicted octanol–water partition coefficient (Wildman–Crippen LogP) is 3.90. The lowest BCUT2D eigenvalue weighted by molar-refractivity contribution is -0.116. The van der Waals surface area contributed by atoms with Crippen molar-refractivity contribution >= 4 is 55.7 Å². The zero-order valence-electron chi connectivity index (χ0n) is 15.2. The number of nitrogens with one attached hydrogen (secondary N) is 1. The molecular weight excluding hydrogens is 430 g/mol. The molecule has 0 aliphatic heterocycles. The maximum absolute atomic E-state index is 12.6. The summed E-state index contributed by atoms with van der Waals surface area (Å²) in [5, 5.41) is 11.4. The molecule has 1 aliphatic rings. The van der Waals surface area contributed by atoms with Gasteiger partial charge in [0.25, 0.3) is 5.56 Å². The summed E-state index contributed by atoms with van der Waals surface area (Å²) in [5.74, 6) is 1.67. The van der Waals surface area contributed by atoms with Crippen molar-refractivity contribution in [2.24, 2.45) is 0 Å². The van der Waals surface area contributed by atoms with Crippen molar-refractivity contribution in [1.29, 1.82) is 0 Å². The number of aromatic amines is 1. The summed E-state index contributed by atoms with van der Waals surface area (Å²) in [6.07, 6.45) is 3.60. The van der Waals surface area contributed by atoms with Gasteiger partial charge in [-0.3, -0.25) is 14.5 Å². The zero-order chi connectivity index (χ0) is 20.0. The van der Waals surface area contributed by atoms with Gasteiger partial charge in [-0.2, -0.15) is 0 Å². The first kappa shape index (κ1) is 18.5. The Hall–Kier alpha value is -2.50. The molecule has 0 spiro atoms. The number of rotatable bonds is 6. The molecule has 1 amide bonds. The highest BCUT2D eigenvalue weighted by Crippen LogP contribution is 2.36. The van der Waals surface area contributed by atoms with Gasteiger partial charge in [0.1, 0.15) is 16.4 Å². The highest BCUT2D eigenvalue weighted by atomic mass is 32.2. The molecular formula is C18H15N5O3S3. The molecule has 11 heteroatoms. The molecule has 4 aromatic rings. The van der Waals surface area contributed by atoms with Crippen LogP contribution in [0.2, 0.25) is 0 Å². The lowest BCUT2D eigenvalue weighted by atomic mass is 10.2. The van der Waals surface area contributed by atoms with Crippen LogP contribution in [0.15, 0.2) is 37.3 Å². The number of carbonyl (C=O) groups excluding carboxylic acids is 1. The molecule has 29 heavy (non-hydrogen) atoms. The Bertz CT molecular complexity index is 1240. The van der Waals surface area contributed by atoms with Gasteiger partial charge >= 0.3 is 0 Å². The van der Waals surface area contributed by atoms with E-state index in [1.807, 2.05) is 11.4 Å². The molecule has 0 unspecified atom stereocenters. The smallest absolute Gasteiger partial charge is 0.260 e. The number of amides is 1. The number of hydrogen-bond donors (Lipinski definition) is 1. The molecule has 5 rings (SSSR count). The summed E-state index contributed by atoms with van der Waals surface area (Å²) in [5.41, 5.74) is 0.564. The van der Waals surface area contributed by atoms with Crippen LogP contribution in [0.3, 0.4) is 0 Å². The fourth-order valence-electron chi connectivity index (χ4n) is 3.04. The molecule has 1 aliphatic carbocycles. The molecule has 0 bridgehead atoms. The number of thioether (sulfide) groups is 1. The lowest BCUT2D eigenvalue weighted by Crippen LogP contribution is -2.30. The SMILES string of the molecule is CC(=O)N(c1nnc(SCc2nc3scc(-c4ccco4)c3c(=O)[nH]2)s1)C1CC1. The van der Waals surface area contributed by atoms with Crippen LogP contribution in [-0.2, 0) is 10.5 Å². The van der Waals surface area contributed by atoms with E-state index in [1.165, 1.54) is 34.4 Å². The summed E-state index contributed by atoms with van der Waals surface area (Å²) in [6, 6.07) is 3.86. The molecule has 0 atom stereocenters. The Morgan fingerprint density at radius 1 is 1.41 bits per heavy atom. The van der Waals surface area contributed by atoms with Crippen molar-refractivity contribution < 1.29 is 9.21 Å². The Morgan fingerprint density at radius 3 is 3.00 bits per heavy atom. The van der Waals surface area contributed by atoms with Crippen molar-refractivity contribution in [1.82, 2.24) is 20.2 Å². The van der Waals surface area contributed by atoms with E-state index < -0.39 is 0 Å². The van der Waals surface area contributed by atoms with E-state index >= 15 is 0 Å². The van der Waals surface area contributed by atoms with Crippen molar-refractivity contribution in [2.45, 2.75) is 35.9 Å². The van der Waals surface area contributed by atoms with Crippen LogP contribution in [0, 0.1) is 0 Å². The molecule has 148 valence electrons. The summed E-state index contributed by atoms with van der Waals surface area (Å²) < 4.78 is 6.15. The third-order valence-corrected chi connectivity index (χ3v) is 7.40. The van der Waals surface area contributed by atoms with Gasteiger partial charge < -0.3 is 9.40 Å². The fraction of sp³-hybridized carbons (Fsp3) is 0.278. The van der Waals surface area contributed by atoms with Crippen LogP contribution in [0.1, 0.15) is 25.6 Å². The van der Waals surface area contributed by atoms with E-state index in [1.54, 1.807) is 24.2 Å². The second kappa shape index (κ2) is 7.39. The van der Waals surface area contributed by atoms with Crippen molar-refractivity contribution in [3.8, 4) is 11.3 Å². The number of thiophene rings is 1. The third kappa shape index (κ3) is 3.61. The number of aromatic nitrogens is 4. The first-order chi connectivity index (χ1) is 14.1. The number of carbonyl (C=O) groups is 1. The van der Waals surface area contributed by atoms with Crippen LogP contribution in [-0.4, -0.2) is 32.1 Å². The van der Waals surface area contributed by atoms with E-state index in [4.69, 9.17) is 4.42 Å². The lowest BCUT2D eigenvalue weighted by Gasteiger charge is -2.15. The van der Waals surface area contributed by atoms with Crippen molar-refractivity contribution in [3.05, 3.63) is 40.0 Å². The molecule has 0 saturated heterocycles. The number of nitrogens with zero attached hydrogens (tertiary/aromatic N) is 4. The number of furan rings is 1. The van der Waals surface area contributed by atoms with E-state index in [-0.39, 0.29) is 17.5 Å². The van der Waals surface area contributed by atoms with E-state index in [2.05, 4.69) is 20.2 Å². The van der Waals surface area contributed by atoms with Gasteiger partial charge in [0.05, 0.1) is 17.4 Å². The Morgan fingerprint density at radius 2 is 2.28 bits per heavy atom. The van der Waals surface area contributed by atoms with Crippen LogP contribution in [0.5, 0.6) is 0 Å². The van der Waals surface area contributed by atoms with Gasteiger partial charge in [0.15, 0.2) is 4.34 Å². The normalized spacial score (nSPS) is 13.8. The molecule has 0 aromatic carbocycles. The molecule has 1 N–H and O–H groups in total. The van der Waals surface area contributed by atoms with Crippen LogP contribution < -0.4 is 10.5 Å². The standard InChI is InChI=1S/C18H15N5O3S3/c1-9(24)23(10-4-5-10)17-21-22-18(29-17)28-8-13-19-15(25)14-11(7-27-16(14)20-13)12-3-2-6-26-12/h2-3,6-7,10H,4-5,8H2,1H3,(H,19,20,25). The highest BCUT2D eigenvalue weighted by Gasteiger charge is 2.34. The first-order valence-electron chi connectivity index (χ1n) is 8.90. The van der Waals surface area contributed by atoms with Crippen LogP contribution in [0.4, 0.5) is 5.13 Å². The van der Waals surface area contributed by atoms with E-state index in [0.29, 0.717) is 32.7 Å². The fourth-order valence-corrected chi connectivity index (χ4v) is 5.82. The monoisotopic (exact) mass is 445 g/mol. The Kier molecular flexibility index (Phi) is 4.72. The van der Waals surface area contributed by atoms with E-state index in [0.717, 1.165) is 22.7 Å². The Labute approximate surface area is 177 Å². The van der Waals surface area contributed by atoms with Crippen LogP contribution in [0.25, 0.3) is 21.5 Å². The van der Waals surface area contributed by atoms with Crippen LogP contribution >= 0.6 is 34.4 Å². The largest absolute Gasteiger partial charge is 0.464 e. The van der Waals surface area contributed by atoms with Crippen molar-refractivity contribution in [2.75, 3.05) is 4.90 Å². The molecule has 1 fully saturated rings. The molecule has 4 heterocycles. The minimum Gasteiger partial charge on any atom is -0.464 e. The predicted molar refractivity (Wildman–Crippen MR) is 114 cm³/mol. The Balaban J connectivity index is 1.35. The number of anilines is 1. The van der Waals surface area contributed by atoms with Gasteiger partial charge in [-0.15, -0.1) is 21.5 Å². The third-order valence-electron chi connectivity index (χ3n) is 4.47. The summed E-state index contributed by atoms with van der Waals surface area (Å²) in [4.78, 5) is 34.3. The van der Waals surface area contributed by atoms with Gasteiger partial charge in [-0.1, -0.05) is 23.1 Å². The second-order valence-electron chi connectivity index (χ2n) is 6.58. The quantitative estimate of drug-likeness (QED) is 0.354. The molecule has 4 aromatic heterocycles. The van der Waals surface area contributed by atoms with Crippen molar-refractivity contribution in [3.63, 3.8) is 0 Å². The molecule has 1 saturated carbocycles. The maximum Gasteiger partial charge on any atom is 0.260 e. The van der Waals surface area contributed by atoms with E-state index in [9.17, 15) is 9.59 Å². The summed E-state index contributed by atoms with van der Waals surface area (Å²) in [7, 11) is 0. The zero-order valence-corrected chi connectivity index (χ0v) is 17.7. The minimum absolute atomic E-state index is 0.0123. The number of hydrogen-bond acceptors (Lipinski definition) is 9. The molecule has 8 nitrogen and oxygen atoms in total. The maximum atomic E-state index is 12.6. The first-order valence-corrected chi connectivity index (χ1v) is 11.6. The second-order valence-corrected chi connectivity index (χ2v) is 9.62. The summed E-state index contributed by atoms with van der Waals surface area (Å²) in [6.45, 7) is 1.55. The number of H-pyrrole nitrogens is 1. The average molecular weight is 446 g/mol. The topological polar surface area (TPSA) is 105 Å². The van der Waals surface area contributed by atoms with Gasteiger partial charge in [0, 0.05) is 23.9 Å². The molecule has 0 radical (unpaired) electrons. The van der Waals surface area contributed by atoms with Gasteiger partial charge in [-0.05, 0) is 25.0 Å². The number of fused-ring (bicyclic) bond motifs is 1. The minimum atomic E-state index is -0.187. The van der Waals surface area contributed by atoms with Gasteiger partial charge in [-0.25, -0.2) is 4.98 Å². The summed E-state index contributed by atoms with van der Waals surface area (Å²) >= 11 is 4.23. The van der Waals surface area contributed by atoms with Gasteiger partial charge in [0.2, 0.25) is 11.0 Å².